The average Bonchev–Trinajstić information content (AvgIpc) is 2.40. The number of hydrogen-bond acceptors (Lipinski definition) is 4. The van der Waals surface area contributed by atoms with Crippen molar-refractivity contribution in [3.63, 3.8) is 0 Å². The van der Waals surface area contributed by atoms with Gasteiger partial charge in [-0.05, 0) is 51.1 Å². The van der Waals surface area contributed by atoms with E-state index in [2.05, 4.69) is 24.2 Å². The number of piperidine rings is 1. The lowest BCUT2D eigenvalue weighted by Gasteiger charge is -2.35. The fourth-order valence-corrected chi connectivity index (χ4v) is 3.22. The third-order valence-electron chi connectivity index (χ3n) is 4.15. The summed E-state index contributed by atoms with van der Waals surface area (Å²) in [6.07, 6.45) is 3.57. The third kappa shape index (κ3) is 4.04. The van der Waals surface area contributed by atoms with Crippen LogP contribution in [0.5, 0.6) is 0 Å². The number of nitrogens with one attached hydrogen (secondary N) is 1. The third-order valence-corrected chi connectivity index (χ3v) is 5.28. The van der Waals surface area contributed by atoms with E-state index in [9.17, 15) is 8.42 Å². The molecule has 1 N–H and O–H groups in total. The number of hydrogen-bond donors (Lipinski definition) is 1. The molecule has 2 unspecified atom stereocenters. The van der Waals surface area contributed by atoms with E-state index < -0.39 is 9.84 Å². The molecule has 1 heterocycles. The first-order valence-corrected chi connectivity index (χ1v) is 8.98. The highest BCUT2D eigenvalue weighted by molar-refractivity contribution is 7.90. The van der Waals surface area contributed by atoms with Gasteiger partial charge in [0.1, 0.15) is 0 Å². The van der Waals surface area contributed by atoms with Crippen molar-refractivity contribution in [1.82, 2.24) is 10.2 Å². The van der Waals surface area contributed by atoms with Gasteiger partial charge in [0.2, 0.25) is 0 Å². The summed E-state index contributed by atoms with van der Waals surface area (Å²) in [5.41, 5.74) is 1.13. The molecule has 1 aromatic rings. The molecule has 0 radical (unpaired) electrons. The number of nitrogens with zero attached hydrogens (tertiary/aromatic N) is 1. The Bertz CT molecular complexity index is 539. The molecular weight excluding hydrogens is 272 g/mol. The minimum absolute atomic E-state index is 0.383. The first-order valence-electron chi connectivity index (χ1n) is 7.09. The van der Waals surface area contributed by atoms with Crippen LogP contribution in [0, 0.1) is 0 Å². The summed E-state index contributed by atoms with van der Waals surface area (Å²) in [5, 5.41) is 3.57. The molecule has 1 saturated heterocycles. The lowest BCUT2D eigenvalue weighted by Crippen LogP contribution is -2.45. The summed E-state index contributed by atoms with van der Waals surface area (Å²) < 4.78 is 22.8. The molecule has 112 valence electrons. The Morgan fingerprint density at radius 1 is 1.30 bits per heavy atom. The normalized spacial score (nSPS) is 24.8. The zero-order chi connectivity index (χ0) is 14.8. The Morgan fingerprint density at radius 2 is 1.95 bits per heavy atom. The fourth-order valence-electron chi connectivity index (χ4n) is 2.59. The molecule has 0 amide bonds. The monoisotopic (exact) mass is 296 g/mol. The van der Waals surface area contributed by atoms with Gasteiger partial charge in [-0.1, -0.05) is 12.1 Å². The Balaban J connectivity index is 1.88. The molecule has 1 aromatic carbocycles. The molecule has 1 aliphatic heterocycles. The van der Waals surface area contributed by atoms with Crippen LogP contribution < -0.4 is 5.32 Å². The highest BCUT2D eigenvalue weighted by atomic mass is 32.2. The molecule has 0 aliphatic carbocycles. The minimum Gasteiger partial charge on any atom is -0.310 e. The van der Waals surface area contributed by atoms with Crippen molar-refractivity contribution in [2.75, 3.05) is 19.8 Å². The Hall–Kier alpha value is -0.910. The lowest BCUT2D eigenvalue weighted by atomic mass is 9.99. The number of likely N-dealkylation sites (tertiary alicyclic amines) is 1. The number of sulfone groups is 1. The second-order valence-electron chi connectivity index (χ2n) is 5.85. The van der Waals surface area contributed by atoms with E-state index in [1.54, 1.807) is 12.1 Å². The van der Waals surface area contributed by atoms with Crippen molar-refractivity contribution in [3.8, 4) is 0 Å². The molecule has 2 rings (SSSR count). The van der Waals surface area contributed by atoms with E-state index in [-0.39, 0.29) is 0 Å². The first-order chi connectivity index (χ1) is 9.36. The summed E-state index contributed by atoms with van der Waals surface area (Å²) in [4.78, 5) is 2.77. The van der Waals surface area contributed by atoms with Gasteiger partial charge in [-0.25, -0.2) is 8.42 Å². The van der Waals surface area contributed by atoms with E-state index in [0.717, 1.165) is 25.1 Å². The van der Waals surface area contributed by atoms with Crippen LogP contribution in [0.3, 0.4) is 0 Å². The summed E-state index contributed by atoms with van der Waals surface area (Å²) in [6, 6.07) is 8.32. The van der Waals surface area contributed by atoms with Gasteiger partial charge in [-0.3, -0.25) is 0 Å². The number of rotatable bonds is 4. The SMILES string of the molecule is CC1CC(NCc2ccc(S(C)(=O)=O)cc2)CCN1C. The molecule has 5 heteroatoms. The highest BCUT2D eigenvalue weighted by Crippen LogP contribution is 2.16. The van der Waals surface area contributed by atoms with Crippen LogP contribution in [0.4, 0.5) is 0 Å². The second-order valence-corrected chi connectivity index (χ2v) is 7.86. The maximum absolute atomic E-state index is 11.4. The van der Waals surface area contributed by atoms with Gasteiger partial charge in [0, 0.05) is 24.9 Å². The molecule has 4 nitrogen and oxygen atoms in total. The van der Waals surface area contributed by atoms with E-state index in [1.807, 2.05) is 12.1 Å². The number of benzene rings is 1. The predicted octanol–water partition coefficient (Wildman–Crippen LogP) is 1.66. The van der Waals surface area contributed by atoms with Crippen LogP contribution in [0.1, 0.15) is 25.3 Å². The summed E-state index contributed by atoms with van der Waals surface area (Å²) in [6.45, 7) is 4.19. The van der Waals surface area contributed by atoms with Crippen molar-refractivity contribution in [2.24, 2.45) is 0 Å². The van der Waals surface area contributed by atoms with E-state index in [0.29, 0.717) is 17.0 Å². The molecule has 0 aromatic heterocycles. The standard InChI is InChI=1S/C15H24N2O2S/c1-12-10-14(8-9-17(12)2)16-11-13-4-6-15(7-5-13)20(3,18)19/h4-7,12,14,16H,8-11H2,1-3H3. The second kappa shape index (κ2) is 6.24. The molecular formula is C15H24N2O2S. The lowest BCUT2D eigenvalue weighted by molar-refractivity contribution is 0.168. The van der Waals surface area contributed by atoms with Crippen LogP contribution in [0.2, 0.25) is 0 Å². The molecule has 1 aliphatic rings. The van der Waals surface area contributed by atoms with Gasteiger partial charge in [0.25, 0.3) is 0 Å². The molecule has 20 heavy (non-hydrogen) atoms. The maximum Gasteiger partial charge on any atom is 0.175 e. The van der Waals surface area contributed by atoms with Crippen LogP contribution in [0.25, 0.3) is 0 Å². The van der Waals surface area contributed by atoms with E-state index in [1.165, 1.54) is 12.7 Å². The zero-order valence-electron chi connectivity index (χ0n) is 12.5. The molecule has 0 saturated carbocycles. The van der Waals surface area contributed by atoms with Gasteiger partial charge in [-0.15, -0.1) is 0 Å². The van der Waals surface area contributed by atoms with Crippen LogP contribution in [0.15, 0.2) is 29.2 Å². The largest absolute Gasteiger partial charge is 0.310 e. The van der Waals surface area contributed by atoms with Crippen molar-refractivity contribution in [1.29, 1.82) is 0 Å². The topological polar surface area (TPSA) is 49.4 Å². The van der Waals surface area contributed by atoms with Crippen LogP contribution in [-0.2, 0) is 16.4 Å². The molecule has 1 fully saturated rings. The van der Waals surface area contributed by atoms with Gasteiger partial charge in [-0.2, -0.15) is 0 Å². The van der Waals surface area contributed by atoms with Gasteiger partial charge in [0.15, 0.2) is 9.84 Å². The predicted molar refractivity (Wildman–Crippen MR) is 81.5 cm³/mol. The zero-order valence-corrected chi connectivity index (χ0v) is 13.3. The van der Waals surface area contributed by atoms with E-state index in [4.69, 9.17) is 0 Å². The molecule has 2 atom stereocenters. The van der Waals surface area contributed by atoms with Crippen LogP contribution >= 0.6 is 0 Å². The van der Waals surface area contributed by atoms with Gasteiger partial charge in [0.05, 0.1) is 4.90 Å². The highest BCUT2D eigenvalue weighted by Gasteiger charge is 2.22. The van der Waals surface area contributed by atoms with Crippen molar-refractivity contribution in [3.05, 3.63) is 29.8 Å². The quantitative estimate of drug-likeness (QED) is 0.918. The average molecular weight is 296 g/mol. The van der Waals surface area contributed by atoms with Crippen LogP contribution in [-0.4, -0.2) is 45.2 Å². The molecule has 0 spiro atoms. The smallest absolute Gasteiger partial charge is 0.175 e. The van der Waals surface area contributed by atoms with Crippen molar-refractivity contribution < 1.29 is 8.42 Å². The van der Waals surface area contributed by atoms with Gasteiger partial charge < -0.3 is 10.2 Å². The van der Waals surface area contributed by atoms with Gasteiger partial charge >= 0.3 is 0 Å². The maximum atomic E-state index is 11.4. The van der Waals surface area contributed by atoms with Crippen molar-refractivity contribution >= 4 is 9.84 Å². The van der Waals surface area contributed by atoms with Crippen molar-refractivity contribution in [2.45, 2.75) is 43.3 Å². The minimum atomic E-state index is -3.09. The summed E-state index contributed by atoms with van der Waals surface area (Å²) in [7, 11) is -0.923. The fraction of sp³-hybridized carbons (Fsp3) is 0.600. The Morgan fingerprint density at radius 3 is 2.50 bits per heavy atom. The molecule has 0 bridgehead atoms. The summed E-state index contributed by atoms with van der Waals surface area (Å²) >= 11 is 0. The summed E-state index contributed by atoms with van der Waals surface area (Å²) in [5.74, 6) is 0. The first kappa shape index (κ1) is 15.5. The Labute approximate surface area is 122 Å². The Kier molecular flexibility index (Phi) is 4.83. The van der Waals surface area contributed by atoms with E-state index >= 15 is 0 Å².